The molecule has 0 aliphatic carbocycles. The molecule has 1 N–H and O–H groups in total. The first kappa shape index (κ1) is 12.7. The van der Waals surface area contributed by atoms with Crippen molar-refractivity contribution in [3.05, 3.63) is 21.0 Å². The highest BCUT2D eigenvalue weighted by Crippen LogP contribution is 2.32. The van der Waals surface area contributed by atoms with Gasteiger partial charge in [0.25, 0.3) is 0 Å². The zero-order valence-corrected chi connectivity index (χ0v) is 10.9. The third kappa shape index (κ3) is 2.61. The van der Waals surface area contributed by atoms with Gasteiger partial charge in [-0.05, 0) is 22.6 Å². The summed E-state index contributed by atoms with van der Waals surface area (Å²) in [4.78, 5) is 5.56. The van der Waals surface area contributed by atoms with Crippen molar-refractivity contribution in [3.8, 4) is 11.8 Å². The van der Waals surface area contributed by atoms with E-state index in [2.05, 4.69) is 4.99 Å². The Morgan fingerprint density at radius 1 is 1.62 bits per heavy atom. The standard InChI is InChI=1S/C10H9FIN3O/c1-15(2)5-14-7-3-8(16)10(12)9(11)6(7)4-13/h3,5,16H,1-2H3. The number of hydrogen-bond donors (Lipinski definition) is 1. The second-order valence-corrected chi connectivity index (χ2v) is 4.32. The van der Waals surface area contributed by atoms with Crippen molar-refractivity contribution in [2.45, 2.75) is 0 Å². The predicted octanol–water partition coefficient (Wildman–Crippen LogP) is 2.23. The van der Waals surface area contributed by atoms with E-state index in [0.29, 0.717) is 0 Å². The first-order valence-corrected chi connectivity index (χ1v) is 5.37. The Hall–Kier alpha value is -1.36. The smallest absolute Gasteiger partial charge is 0.160 e. The van der Waals surface area contributed by atoms with E-state index >= 15 is 0 Å². The average molecular weight is 333 g/mol. The van der Waals surface area contributed by atoms with Crippen molar-refractivity contribution >= 4 is 34.6 Å². The Labute approximate surface area is 106 Å². The molecule has 0 aliphatic heterocycles. The monoisotopic (exact) mass is 333 g/mol. The van der Waals surface area contributed by atoms with Gasteiger partial charge >= 0.3 is 0 Å². The molecule has 0 saturated carbocycles. The van der Waals surface area contributed by atoms with Gasteiger partial charge in [0.05, 0.1) is 15.6 Å². The molecule has 16 heavy (non-hydrogen) atoms. The quantitative estimate of drug-likeness (QED) is 0.513. The van der Waals surface area contributed by atoms with Gasteiger partial charge in [-0.1, -0.05) is 0 Å². The van der Waals surface area contributed by atoms with Gasteiger partial charge in [0.1, 0.15) is 17.4 Å². The molecule has 84 valence electrons. The summed E-state index contributed by atoms with van der Waals surface area (Å²) < 4.78 is 13.6. The highest BCUT2D eigenvalue weighted by atomic mass is 127. The van der Waals surface area contributed by atoms with Crippen molar-refractivity contribution in [3.63, 3.8) is 0 Å². The summed E-state index contributed by atoms with van der Waals surface area (Å²) in [6.45, 7) is 0. The number of benzene rings is 1. The number of halogens is 2. The minimum absolute atomic E-state index is 0.0259. The van der Waals surface area contributed by atoms with Gasteiger partial charge < -0.3 is 10.0 Å². The van der Waals surface area contributed by atoms with Crippen LogP contribution in [-0.4, -0.2) is 30.4 Å². The van der Waals surface area contributed by atoms with E-state index in [1.165, 1.54) is 12.4 Å². The van der Waals surface area contributed by atoms with E-state index in [4.69, 9.17) is 5.26 Å². The summed E-state index contributed by atoms with van der Waals surface area (Å²) >= 11 is 1.64. The number of aliphatic imine (C=N–C) groups is 1. The fourth-order valence-corrected chi connectivity index (χ4v) is 1.41. The third-order valence-corrected chi connectivity index (χ3v) is 2.73. The number of aromatic hydroxyl groups is 1. The van der Waals surface area contributed by atoms with Crippen LogP contribution < -0.4 is 0 Å². The molecule has 0 atom stereocenters. The molecule has 0 unspecified atom stereocenters. The van der Waals surface area contributed by atoms with Crippen molar-refractivity contribution in [2.75, 3.05) is 14.1 Å². The lowest BCUT2D eigenvalue weighted by Crippen LogP contribution is -2.07. The van der Waals surface area contributed by atoms with E-state index in [1.54, 1.807) is 47.7 Å². The van der Waals surface area contributed by atoms with Crippen LogP contribution in [0.4, 0.5) is 10.1 Å². The summed E-state index contributed by atoms with van der Waals surface area (Å²) in [7, 11) is 3.50. The molecule has 0 spiro atoms. The Kier molecular flexibility index (Phi) is 4.06. The Balaban J connectivity index is 3.35. The van der Waals surface area contributed by atoms with Crippen LogP contribution in [0.5, 0.6) is 5.75 Å². The SMILES string of the molecule is CN(C)C=Nc1cc(O)c(I)c(F)c1C#N. The summed E-state index contributed by atoms with van der Waals surface area (Å²) in [5, 5.41) is 18.2. The van der Waals surface area contributed by atoms with Crippen LogP contribution in [0.3, 0.4) is 0 Å². The molecular weight excluding hydrogens is 324 g/mol. The fourth-order valence-electron chi connectivity index (χ4n) is 0.986. The molecular formula is C10H9FIN3O. The van der Waals surface area contributed by atoms with Gasteiger partial charge in [0.15, 0.2) is 5.82 Å². The maximum absolute atomic E-state index is 13.6. The molecule has 1 aromatic carbocycles. The minimum Gasteiger partial charge on any atom is -0.507 e. The molecule has 0 aliphatic rings. The number of phenols is 1. The first-order chi connectivity index (χ1) is 7.47. The number of rotatable bonds is 2. The van der Waals surface area contributed by atoms with Crippen LogP contribution in [0.1, 0.15) is 5.56 Å². The van der Waals surface area contributed by atoms with Gasteiger partial charge in [-0.15, -0.1) is 0 Å². The number of hydrogen-bond acceptors (Lipinski definition) is 3. The second kappa shape index (κ2) is 5.12. The molecule has 0 fully saturated rings. The molecule has 1 rings (SSSR count). The van der Waals surface area contributed by atoms with E-state index in [-0.39, 0.29) is 20.6 Å². The van der Waals surface area contributed by atoms with Crippen molar-refractivity contribution in [2.24, 2.45) is 4.99 Å². The van der Waals surface area contributed by atoms with Gasteiger partial charge in [0, 0.05) is 20.2 Å². The van der Waals surface area contributed by atoms with Crippen molar-refractivity contribution < 1.29 is 9.50 Å². The molecule has 0 radical (unpaired) electrons. The highest BCUT2D eigenvalue weighted by molar-refractivity contribution is 14.1. The van der Waals surface area contributed by atoms with Gasteiger partial charge in [-0.3, -0.25) is 0 Å². The molecule has 4 nitrogen and oxygen atoms in total. The Morgan fingerprint density at radius 3 is 2.75 bits per heavy atom. The van der Waals surface area contributed by atoms with Crippen LogP contribution >= 0.6 is 22.6 Å². The Morgan fingerprint density at radius 2 is 2.25 bits per heavy atom. The summed E-state index contributed by atoms with van der Waals surface area (Å²) in [6, 6.07) is 3.00. The predicted molar refractivity (Wildman–Crippen MR) is 67.3 cm³/mol. The third-order valence-electron chi connectivity index (χ3n) is 1.71. The van der Waals surface area contributed by atoms with Crippen LogP contribution in [0, 0.1) is 20.7 Å². The lowest BCUT2D eigenvalue weighted by Gasteiger charge is -2.06. The van der Waals surface area contributed by atoms with Crippen molar-refractivity contribution in [1.29, 1.82) is 5.26 Å². The number of phenolic OH excluding ortho intramolecular Hbond substituents is 1. The summed E-state index contributed by atoms with van der Waals surface area (Å²) in [6.07, 6.45) is 1.43. The molecule has 0 aromatic heterocycles. The lowest BCUT2D eigenvalue weighted by molar-refractivity contribution is 0.463. The molecule has 1 aromatic rings. The second-order valence-electron chi connectivity index (χ2n) is 3.24. The number of nitrogens with zero attached hydrogens (tertiary/aromatic N) is 3. The summed E-state index contributed by atoms with van der Waals surface area (Å²) in [5.41, 5.74) is -0.0492. The molecule has 0 amide bonds. The van der Waals surface area contributed by atoms with Gasteiger partial charge in [0.2, 0.25) is 0 Å². The topological polar surface area (TPSA) is 59.6 Å². The van der Waals surface area contributed by atoms with Gasteiger partial charge in [-0.2, -0.15) is 5.26 Å². The van der Waals surface area contributed by atoms with E-state index in [9.17, 15) is 9.50 Å². The Bertz CT molecular complexity index is 480. The van der Waals surface area contributed by atoms with Crippen LogP contribution in [0.15, 0.2) is 11.1 Å². The van der Waals surface area contributed by atoms with Gasteiger partial charge in [-0.25, -0.2) is 9.38 Å². The largest absolute Gasteiger partial charge is 0.507 e. The maximum Gasteiger partial charge on any atom is 0.160 e. The zero-order chi connectivity index (χ0) is 12.3. The normalized spacial score (nSPS) is 10.4. The van der Waals surface area contributed by atoms with Crippen LogP contribution in [0.2, 0.25) is 0 Å². The van der Waals surface area contributed by atoms with Crippen LogP contribution in [-0.2, 0) is 0 Å². The maximum atomic E-state index is 13.6. The average Bonchev–Trinajstić information content (AvgIpc) is 2.23. The molecule has 6 heteroatoms. The number of nitriles is 1. The van der Waals surface area contributed by atoms with Crippen molar-refractivity contribution in [1.82, 2.24) is 4.90 Å². The van der Waals surface area contributed by atoms with E-state index < -0.39 is 5.82 Å². The first-order valence-electron chi connectivity index (χ1n) is 4.29. The fraction of sp³-hybridized carbons (Fsp3) is 0.200. The lowest BCUT2D eigenvalue weighted by atomic mass is 10.2. The summed E-state index contributed by atoms with van der Waals surface area (Å²) in [5.74, 6) is -0.961. The highest BCUT2D eigenvalue weighted by Gasteiger charge is 2.15. The van der Waals surface area contributed by atoms with E-state index in [1.807, 2.05) is 0 Å². The minimum atomic E-state index is -0.742. The van der Waals surface area contributed by atoms with E-state index in [0.717, 1.165) is 0 Å². The molecule has 0 saturated heterocycles. The zero-order valence-electron chi connectivity index (χ0n) is 8.70. The van der Waals surface area contributed by atoms with Crippen LogP contribution in [0.25, 0.3) is 0 Å². The molecule has 0 heterocycles. The molecule has 0 bridgehead atoms.